The van der Waals surface area contributed by atoms with E-state index in [9.17, 15) is 9.59 Å². The van der Waals surface area contributed by atoms with E-state index >= 15 is 0 Å². The molecule has 0 radical (unpaired) electrons. The third-order valence-corrected chi connectivity index (χ3v) is 3.78. The Hall–Kier alpha value is -1.43. The lowest BCUT2D eigenvalue weighted by Gasteiger charge is -2.30. The van der Waals surface area contributed by atoms with Gasteiger partial charge >= 0.3 is 0 Å². The van der Waals surface area contributed by atoms with Gasteiger partial charge in [-0.15, -0.1) is 0 Å². The molecule has 1 aromatic rings. The third-order valence-electron chi connectivity index (χ3n) is 3.31. The van der Waals surface area contributed by atoms with Gasteiger partial charge in [0.2, 0.25) is 11.8 Å². The summed E-state index contributed by atoms with van der Waals surface area (Å²) in [5.74, 6) is 0.0579. The Morgan fingerprint density at radius 2 is 2.05 bits per heavy atom. The molecule has 1 saturated heterocycles. The molecule has 0 aliphatic carbocycles. The van der Waals surface area contributed by atoms with Crippen molar-refractivity contribution < 1.29 is 9.59 Å². The van der Waals surface area contributed by atoms with Gasteiger partial charge in [-0.25, -0.2) is 4.98 Å². The van der Waals surface area contributed by atoms with Crippen LogP contribution in [0.25, 0.3) is 0 Å². The monoisotopic (exact) mass is 325 g/mol. The third kappa shape index (κ3) is 3.76. The predicted octanol–water partition coefficient (Wildman–Crippen LogP) is 2.04. The summed E-state index contributed by atoms with van der Waals surface area (Å²) in [6.07, 6.45) is 3.05. The number of nitrogens with zero attached hydrogens (tertiary/aromatic N) is 2. The second-order valence-corrected chi connectivity index (χ2v) is 5.45. The number of hydrogen-bond donors (Lipinski definition) is 1. The van der Waals surface area contributed by atoms with Crippen LogP contribution in [0.4, 0.5) is 5.69 Å². The zero-order valence-corrected chi connectivity index (χ0v) is 12.3. The highest BCUT2D eigenvalue weighted by Gasteiger charge is 2.25. The summed E-state index contributed by atoms with van der Waals surface area (Å²) in [6.45, 7) is 2.88. The predicted molar refractivity (Wildman–Crippen MR) is 75.5 cm³/mol. The molecule has 0 unspecified atom stereocenters. The number of amides is 2. The molecule has 0 aromatic carbocycles. The molecular formula is C13H16BrN3O2. The van der Waals surface area contributed by atoms with Crippen LogP contribution >= 0.6 is 15.9 Å². The fourth-order valence-corrected chi connectivity index (χ4v) is 2.39. The minimum absolute atomic E-state index is 0.00678. The molecule has 2 amide bonds. The first-order valence-electron chi connectivity index (χ1n) is 6.24. The largest absolute Gasteiger partial charge is 0.343 e. The fourth-order valence-electron chi connectivity index (χ4n) is 2.15. The number of aromatic nitrogens is 1. The van der Waals surface area contributed by atoms with Crippen molar-refractivity contribution in [1.82, 2.24) is 9.88 Å². The van der Waals surface area contributed by atoms with Crippen LogP contribution in [0.15, 0.2) is 22.9 Å². The molecule has 2 rings (SSSR count). The van der Waals surface area contributed by atoms with E-state index < -0.39 is 0 Å². The highest BCUT2D eigenvalue weighted by Crippen LogP contribution is 2.19. The SMILES string of the molecule is CC(=O)N1CCC(C(=O)Nc2ccc(Br)nc2)CC1. The number of carbonyl (C=O) groups is 2. The highest BCUT2D eigenvalue weighted by atomic mass is 79.9. The normalized spacial score (nSPS) is 16.2. The Labute approximate surface area is 120 Å². The molecule has 1 aliphatic rings. The Morgan fingerprint density at radius 1 is 1.37 bits per heavy atom. The van der Waals surface area contributed by atoms with Crippen LogP contribution in [0.5, 0.6) is 0 Å². The van der Waals surface area contributed by atoms with Crippen molar-refractivity contribution >= 4 is 33.4 Å². The van der Waals surface area contributed by atoms with Gasteiger partial charge in [0.1, 0.15) is 4.60 Å². The minimum atomic E-state index is -0.0285. The van der Waals surface area contributed by atoms with E-state index in [1.165, 1.54) is 0 Å². The number of pyridine rings is 1. The molecule has 5 nitrogen and oxygen atoms in total. The molecule has 2 heterocycles. The topological polar surface area (TPSA) is 62.3 Å². The van der Waals surface area contributed by atoms with Gasteiger partial charge in [-0.05, 0) is 40.9 Å². The minimum Gasteiger partial charge on any atom is -0.343 e. The molecule has 0 bridgehead atoms. The number of piperidine rings is 1. The molecular weight excluding hydrogens is 310 g/mol. The lowest BCUT2D eigenvalue weighted by molar-refractivity contribution is -0.132. The molecule has 0 saturated carbocycles. The smallest absolute Gasteiger partial charge is 0.227 e. The van der Waals surface area contributed by atoms with E-state index in [4.69, 9.17) is 0 Å². The van der Waals surface area contributed by atoms with Crippen molar-refractivity contribution in [2.75, 3.05) is 18.4 Å². The van der Waals surface area contributed by atoms with Crippen LogP contribution in [0.2, 0.25) is 0 Å². The van der Waals surface area contributed by atoms with Crippen LogP contribution in [0.1, 0.15) is 19.8 Å². The number of carbonyl (C=O) groups excluding carboxylic acids is 2. The summed E-state index contributed by atoms with van der Waals surface area (Å²) in [5, 5.41) is 2.86. The Balaban J connectivity index is 1.88. The average Bonchev–Trinajstić information content (AvgIpc) is 2.41. The number of likely N-dealkylation sites (tertiary alicyclic amines) is 1. The van der Waals surface area contributed by atoms with Crippen molar-refractivity contribution in [3.8, 4) is 0 Å². The molecule has 6 heteroatoms. The highest BCUT2D eigenvalue weighted by molar-refractivity contribution is 9.10. The average molecular weight is 326 g/mol. The van der Waals surface area contributed by atoms with Gasteiger partial charge in [0.05, 0.1) is 11.9 Å². The zero-order valence-electron chi connectivity index (χ0n) is 10.7. The maximum atomic E-state index is 12.1. The van der Waals surface area contributed by atoms with E-state index in [1.54, 1.807) is 30.2 Å². The summed E-state index contributed by atoms with van der Waals surface area (Å²) in [4.78, 5) is 29.1. The van der Waals surface area contributed by atoms with Crippen LogP contribution in [0, 0.1) is 5.92 Å². The maximum absolute atomic E-state index is 12.1. The molecule has 1 fully saturated rings. The van der Waals surface area contributed by atoms with Gasteiger partial charge in [-0.3, -0.25) is 9.59 Å². The van der Waals surface area contributed by atoms with Gasteiger partial charge in [-0.1, -0.05) is 0 Å². The first kappa shape index (κ1) is 14.0. The van der Waals surface area contributed by atoms with Crippen molar-refractivity contribution in [1.29, 1.82) is 0 Å². The van der Waals surface area contributed by atoms with Crippen molar-refractivity contribution in [3.05, 3.63) is 22.9 Å². The van der Waals surface area contributed by atoms with Crippen LogP contribution in [0.3, 0.4) is 0 Å². The molecule has 0 atom stereocenters. The summed E-state index contributed by atoms with van der Waals surface area (Å²) in [6, 6.07) is 3.59. The van der Waals surface area contributed by atoms with E-state index in [0.717, 1.165) is 17.4 Å². The van der Waals surface area contributed by atoms with E-state index in [1.807, 2.05) is 0 Å². The second kappa shape index (κ2) is 6.14. The number of nitrogens with one attached hydrogen (secondary N) is 1. The summed E-state index contributed by atoms with van der Waals surface area (Å²) in [7, 11) is 0. The van der Waals surface area contributed by atoms with Crippen molar-refractivity contribution in [2.24, 2.45) is 5.92 Å². The first-order chi connectivity index (χ1) is 9.06. The first-order valence-corrected chi connectivity index (χ1v) is 7.03. The number of halogens is 1. The summed E-state index contributed by atoms with van der Waals surface area (Å²) >= 11 is 3.25. The molecule has 0 spiro atoms. The Kier molecular flexibility index (Phi) is 4.52. The van der Waals surface area contributed by atoms with Crippen molar-refractivity contribution in [2.45, 2.75) is 19.8 Å². The molecule has 102 valence electrons. The number of anilines is 1. The zero-order chi connectivity index (χ0) is 13.8. The summed E-state index contributed by atoms with van der Waals surface area (Å²) < 4.78 is 0.736. The van der Waals surface area contributed by atoms with Gasteiger partial charge in [0.25, 0.3) is 0 Å². The lowest BCUT2D eigenvalue weighted by Crippen LogP contribution is -2.40. The van der Waals surface area contributed by atoms with Crippen LogP contribution in [-0.4, -0.2) is 34.8 Å². The van der Waals surface area contributed by atoms with Gasteiger partial charge < -0.3 is 10.2 Å². The summed E-state index contributed by atoms with van der Waals surface area (Å²) in [5.41, 5.74) is 0.696. The van der Waals surface area contributed by atoms with Crippen LogP contribution in [-0.2, 0) is 9.59 Å². The van der Waals surface area contributed by atoms with Gasteiger partial charge in [-0.2, -0.15) is 0 Å². The second-order valence-electron chi connectivity index (χ2n) is 4.64. The maximum Gasteiger partial charge on any atom is 0.227 e. The molecule has 1 N–H and O–H groups in total. The Bertz CT molecular complexity index is 467. The number of rotatable bonds is 2. The van der Waals surface area contributed by atoms with Crippen molar-refractivity contribution in [3.63, 3.8) is 0 Å². The lowest BCUT2D eigenvalue weighted by atomic mass is 9.96. The van der Waals surface area contributed by atoms with Crippen LogP contribution < -0.4 is 5.32 Å². The standard InChI is InChI=1S/C13H16BrN3O2/c1-9(18)17-6-4-10(5-7-17)13(19)16-11-2-3-12(14)15-8-11/h2-3,8,10H,4-7H2,1H3,(H,16,19). The fraction of sp³-hybridized carbons (Fsp3) is 0.462. The van der Waals surface area contributed by atoms with E-state index in [0.29, 0.717) is 18.8 Å². The molecule has 1 aromatic heterocycles. The van der Waals surface area contributed by atoms with Gasteiger partial charge in [0.15, 0.2) is 0 Å². The molecule has 1 aliphatic heterocycles. The number of hydrogen-bond acceptors (Lipinski definition) is 3. The Morgan fingerprint density at radius 3 is 2.58 bits per heavy atom. The van der Waals surface area contributed by atoms with E-state index in [-0.39, 0.29) is 17.7 Å². The van der Waals surface area contributed by atoms with Gasteiger partial charge in [0, 0.05) is 25.9 Å². The quantitative estimate of drug-likeness (QED) is 0.846. The van der Waals surface area contributed by atoms with E-state index in [2.05, 4.69) is 26.2 Å². The molecule has 19 heavy (non-hydrogen) atoms.